The van der Waals surface area contributed by atoms with Gasteiger partial charge >= 0.3 is 0 Å². The number of rotatable bonds is 3. The summed E-state index contributed by atoms with van der Waals surface area (Å²) >= 11 is 0. The molecule has 0 fully saturated rings. The number of nitrogens with one attached hydrogen (secondary N) is 2. The predicted octanol–water partition coefficient (Wildman–Crippen LogP) is 2.59. The Labute approximate surface area is 116 Å². The minimum absolute atomic E-state index is 0. The third-order valence-electron chi connectivity index (χ3n) is 2.37. The molecule has 2 aromatic rings. The van der Waals surface area contributed by atoms with Crippen LogP contribution in [0.25, 0.3) is 0 Å². The molecule has 2 rings (SSSR count). The molecule has 6 heteroatoms. The highest BCUT2D eigenvalue weighted by Crippen LogP contribution is 2.15. The lowest BCUT2D eigenvalue weighted by Gasteiger charge is -2.10. The molecule has 0 atom stereocenters. The molecule has 0 saturated heterocycles. The van der Waals surface area contributed by atoms with Gasteiger partial charge < -0.3 is 5.73 Å². The normalized spacial score (nSPS) is 9.32. The van der Waals surface area contributed by atoms with Gasteiger partial charge in [0.1, 0.15) is 5.82 Å². The fraction of sp³-hybridized carbons (Fsp3) is 0. The van der Waals surface area contributed by atoms with Crippen LogP contribution in [-0.4, -0.2) is 5.91 Å². The van der Waals surface area contributed by atoms with Gasteiger partial charge in [-0.3, -0.25) is 15.6 Å². The van der Waals surface area contributed by atoms with Crippen LogP contribution in [0.4, 0.5) is 15.8 Å². The largest absolute Gasteiger partial charge is 0.398 e. The van der Waals surface area contributed by atoms with Crippen molar-refractivity contribution in [3.63, 3.8) is 0 Å². The Bertz CT molecular complexity index is 543. The second-order valence-corrected chi connectivity index (χ2v) is 3.65. The highest BCUT2D eigenvalue weighted by molar-refractivity contribution is 5.99. The smallest absolute Gasteiger partial charge is 0.274 e. The summed E-state index contributed by atoms with van der Waals surface area (Å²) in [7, 11) is 0. The van der Waals surface area contributed by atoms with Crippen LogP contribution < -0.4 is 16.6 Å². The zero-order valence-electron chi connectivity index (χ0n) is 9.89. The molecule has 0 aliphatic carbocycles. The van der Waals surface area contributed by atoms with E-state index in [-0.39, 0.29) is 23.7 Å². The number of hydrogen-bond acceptors (Lipinski definition) is 3. The summed E-state index contributed by atoms with van der Waals surface area (Å²) in [6.07, 6.45) is 0. The van der Waals surface area contributed by atoms with Crippen LogP contribution in [-0.2, 0) is 0 Å². The summed E-state index contributed by atoms with van der Waals surface area (Å²) < 4.78 is 13.5. The van der Waals surface area contributed by atoms with Gasteiger partial charge in [-0.1, -0.05) is 24.3 Å². The molecule has 1 amide bonds. The van der Waals surface area contributed by atoms with E-state index in [2.05, 4.69) is 10.9 Å². The highest BCUT2D eigenvalue weighted by atomic mass is 35.5. The van der Waals surface area contributed by atoms with Crippen LogP contribution in [0.15, 0.2) is 48.5 Å². The minimum atomic E-state index is -0.651. The molecule has 4 nitrogen and oxygen atoms in total. The van der Waals surface area contributed by atoms with Crippen molar-refractivity contribution in [1.82, 2.24) is 5.43 Å². The van der Waals surface area contributed by atoms with E-state index < -0.39 is 11.7 Å². The van der Waals surface area contributed by atoms with Crippen LogP contribution in [0, 0.1) is 5.82 Å². The lowest BCUT2D eigenvalue weighted by atomic mass is 10.1. The molecule has 19 heavy (non-hydrogen) atoms. The van der Waals surface area contributed by atoms with Crippen molar-refractivity contribution in [2.24, 2.45) is 0 Å². The van der Waals surface area contributed by atoms with E-state index in [1.165, 1.54) is 18.2 Å². The lowest BCUT2D eigenvalue weighted by molar-refractivity contribution is 0.0959. The first kappa shape index (κ1) is 14.8. The maximum Gasteiger partial charge on any atom is 0.274 e. The second-order valence-electron chi connectivity index (χ2n) is 3.65. The molecule has 0 radical (unpaired) electrons. The molecule has 0 aliphatic rings. The van der Waals surface area contributed by atoms with E-state index in [0.29, 0.717) is 5.69 Å². The topological polar surface area (TPSA) is 67.2 Å². The third kappa shape index (κ3) is 3.59. The number of carbonyl (C=O) groups is 1. The molecule has 0 aromatic heterocycles. The number of anilines is 2. The first-order valence-corrected chi connectivity index (χ1v) is 5.34. The summed E-state index contributed by atoms with van der Waals surface area (Å²) in [6, 6.07) is 13.1. The van der Waals surface area contributed by atoms with Gasteiger partial charge in [-0.25, -0.2) is 4.39 Å². The third-order valence-corrected chi connectivity index (χ3v) is 2.37. The molecule has 0 saturated carbocycles. The van der Waals surface area contributed by atoms with Gasteiger partial charge in [-0.2, -0.15) is 0 Å². The van der Waals surface area contributed by atoms with E-state index in [9.17, 15) is 9.18 Å². The van der Waals surface area contributed by atoms with Crippen LogP contribution in [0.3, 0.4) is 0 Å². The summed E-state index contributed by atoms with van der Waals surface area (Å²) in [4.78, 5) is 11.8. The Morgan fingerprint density at radius 1 is 1.05 bits per heavy atom. The molecule has 100 valence electrons. The van der Waals surface area contributed by atoms with Gasteiger partial charge in [0.2, 0.25) is 0 Å². The molecule has 0 unspecified atom stereocenters. The molecule has 4 N–H and O–H groups in total. The summed E-state index contributed by atoms with van der Waals surface area (Å²) in [6.45, 7) is 0. The Balaban J connectivity index is 0.00000180. The Morgan fingerprint density at radius 3 is 2.37 bits per heavy atom. The number of benzene rings is 2. The molecule has 0 bridgehead atoms. The van der Waals surface area contributed by atoms with Gasteiger partial charge in [0.25, 0.3) is 5.91 Å². The minimum Gasteiger partial charge on any atom is -0.398 e. The van der Waals surface area contributed by atoms with Gasteiger partial charge in [0.15, 0.2) is 0 Å². The number of nitrogens with two attached hydrogens (primary N) is 1. The van der Waals surface area contributed by atoms with Crippen molar-refractivity contribution in [1.29, 1.82) is 0 Å². The van der Waals surface area contributed by atoms with Crippen molar-refractivity contribution in [3.05, 3.63) is 59.9 Å². The Morgan fingerprint density at radius 2 is 1.74 bits per heavy atom. The van der Waals surface area contributed by atoms with Crippen LogP contribution in [0.5, 0.6) is 0 Å². The van der Waals surface area contributed by atoms with E-state index in [1.54, 1.807) is 12.1 Å². The molecule has 0 heterocycles. The predicted molar refractivity (Wildman–Crippen MR) is 75.6 cm³/mol. The first-order chi connectivity index (χ1) is 8.68. The molecular formula is C13H13ClFN3O. The summed E-state index contributed by atoms with van der Waals surface area (Å²) in [5.74, 6) is -1.27. The number of carbonyl (C=O) groups excluding carboxylic acids is 1. The molecule has 2 aromatic carbocycles. The number of hydrogen-bond donors (Lipinski definition) is 3. The Kier molecular flexibility index (Phi) is 5.14. The van der Waals surface area contributed by atoms with Crippen molar-refractivity contribution in [3.8, 4) is 0 Å². The van der Waals surface area contributed by atoms with Gasteiger partial charge in [-0.15, -0.1) is 12.4 Å². The van der Waals surface area contributed by atoms with Gasteiger partial charge in [-0.05, 0) is 24.3 Å². The van der Waals surface area contributed by atoms with Gasteiger partial charge in [0.05, 0.1) is 11.3 Å². The van der Waals surface area contributed by atoms with Crippen LogP contribution in [0.1, 0.15) is 10.4 Å². The standard InChI is InChI=1S/C13H12FN3O.ClH/c14-10-7-4-8-11(15)12(10)13(18)17-16-9-5-2-1-3-6-9;/h1-8,16H,15H2,(H,17,18);1H. The fourth-order valence-corrected chi connectivity index (χ4v) is 1.49. The van der Waals surface area contributed by atoms with Crippen molar-refractivity contribution in [2.45, 2.75) is 0 Å². The van der Waals surface area contributed by atoms with Crippen LogP contribution in [0.2, 0.25) is 0 Å². The number of amides is 1. The maximum absolute atomic E-state index is 13.5. The summed E-state index contributed by atoms with van der Waals surface area (Å²) in [5.41, 5.74) is 11.3. The van der Waals surface area contributed by atoms with E-state index in [1.807, 2.05) is 18.2 Å². The van der Waals surface area contributed by atoms with E-state index in [4.69, 9.17) is 5.73 Å². The first-order valence-electron chi connectivity index (χ1n) is 5.34. The number of nitrogen functional groups attached to an aromatic ring is 1. The average molecular weight is 282 g/mol. The molecule has 0 aliphatic heterocycles. The van der Waals surface area contributed by atoms with Crippen molar-refractivity contribution in [2.75, 3.05) is 11.2 Å². The monoisotopic (exact) mass is 281 g/mol. The number of halogens is 2. The molecule has 0 spiro atoms. The average Bonchev–Trinajstić information content (AvgIpc) is 2.37. The van der Waals surface area contributed by atoms with Crippen molar-refractivity contribution < 1.29 is 9.18 Å². The van der Waals surface area contributed by atoms with Crippen LogP contribution >= 0.6 is 12.4 Å². The van der Waals surface area contributed by atoms with E-state index in [0.717, 1.165) is 0 Å². The Hall–Kier alpha value is -2.27. The number of hydrazine groups is 1. The molecular weight excluding hydrogens is 269 g/mol. The quantitative estimate of drug-likeness (QED) is 0.598. The second kappa shape index (κ2) is 6.61. The number of para-hydroxylation sites is 1. The van der Waals surface area contributed by atoms with Gasteiger partial charge in [0, 0.05) is 5.69 Å². The lowest BCUT2D eigenvalue weighted by Crippen LogP contribution is -2.30. The van der Waals surface area contributed by atoms with Crippen molar-refractivity contribution >= 4 is 29.7 Å². The zero-order chi connectivity index (χ0) is 13.0. The fourth-order valence-electron chi connectivity index (χ4n) is 1.49. The SMILES string of the molecule is Cl.Nc1cccc(F)c1C(=O)NNc1ccccc1. The zero-order valence-corrected chi connectivity index (χ0v) is 10.7. The maximum atomic E-state index is 13.5. The highest BCUT2D eigenvalue weighted by Gasteiger charge is 2.14. The van der Waals surface area contributed by atoms with E-state index >= 15 is 0 Å². The summed E-state index contributed by atoms with van der Waals surface area (Å²) in [5, 5.41) is 0.